The van der Waals surface area contributed by atoms with E-state index >= 15 is 0 Å². The van der Waals surface area contributed by atoms with Gasteiger partial charge in [0.25, 0.3) is 0 Å². The molecule has 0 atom stereocenters. The smallest absolute Gasteiger partial charge is 0.248 e. The van der Waals surface area contributed by atoms with E-state index in [0.717, 1.165) is 38.0 Å². The van der Waals surface area contributed by atoms with Crippen molar-refractivity contribution in [2.24, 2.45) is 5.73 Å². The number of likely N-dealkylation sites (tertiary alicyclic amines) is 1. The number of carbonyl (C=O) groups excluding carboxylic acids is 1. The lowest BCUT2D eigenvalue weighted by Crippen LogP contribution is -2.36. The van der Waals surface area contributed by atoms with Crippen LogP contribution in [0.5, 0.6) is 0 Å². The van der Waals surface area contributed by atoms with Gasteiger partial charge in [-0.3, -0.25) is 9.69 Å². The third kappa shape index (κ3) is 5.12. The van der Waals surface area contributed by atoms with Crippen molar-refractivity contribution in [2.45, 2.75) is 31.9 Å². The van der Waals surface area contributed by atoms with E-state index in [4.69, 9.17) is 15.6 Å². The number of hydrogen-bond donors (Lipinski definition) is 2. The second kappa shape index (κ2) is 8.12. The summed E-state index contributed by atoms with van der Waals surface area (Å²) in [6, 6.07) is 7.51. The minimum absolute atomic E-state index is 0.190. The summed E-state index contributed by atoms with van der Waals surface area (Å²) in [6.07, 6.45) is 3.05. The van der Waals surface area contributed by atoms with Crippen LogP contribution in [0.25, 0.3) is 0 Å². The molecule has 5 heteroatoms. The number of carbonyl (C=O) groups is 1. The molecule has 0 radical (unpaired) electrons. The predicted molar refractivity (Wildman–Crippen MR) is 80.9 cm³/mol. The van der Waals surface area contributed by atoms with E-state index in [1.54, 1.807) is 6.07 Å². The van der Waals surface area contributed by atoms with E-state index in [-0.39, 0.29) is 12.5 Å². The van der Waals surface area contributed by atoms with Crippen molar-refractivity contribution >= 4 is 5.91 Å². The van der Waals surface area contributed by atoms with Gasteiger partial charge in [-0.25, -0.2) is 0 Å². The van der Waals surface area contributed by atoms with Crippen LogP contribution in [0.3, 0.4) is 0 Å². The highest BCUT2D eigenvalue weighted by atomic mass is 16.5. The maximum atomic E-state index is 11.2. The third-order valence-electron chi connectivity index (χ3n) is 3.81. The van der Waals surface area contributed by atoms with Gasteiger partial charge in [-0.1, -0.05) is 12.1 Å². The molecule has 0 unspecified atom stereocenters. The molecule has 0 saturated carbocycles. The van der Waals surface area contributed by atoms with E-state index in [1.165, 1.54) is 0 Å². The molecular weight excluding hydrogens is 268 g/mol. The Morgan fingerprint density at radius 1 is 1.38 bits per heavy atom. The van der Waals surface area contributed by atoms with Crippen LogP contribution in [0.15, 0.2) is 24.3 Å². The van der Waals surface area contributed by atoms with Gasteiger partial charge in [-0.2, -0.15) is 0 Å². The number of rotatable bonds is 7. The average molecular weight is 292 g/mol. The lowest BCUT2D eigenvalue weighted by Gasteiger charge is -2.32. The molecule has 5 nitrogen and oxygen atoms in total. The van der Waals surface area contributed by atoms with Gasteiger partial charge >= 0.3 is 0 Å². The number of piperidine rings is 1. The molecule has 0 aromatic heterocycles. The minimum atomic E-state index is -0.382. The van der Waals surface area contributed by atoms with Crippen LogP contribution < -0.4 is 5.73 Å². The van der Waals surface area contributed by atoms with Crippen molar-refractivity contribution in [3.63, 3.8) is 0 Å². The molecule has 1 aromatic carbocycles. The summed E-state index contributed by atoms with van der Waals surface area (Å²) < 4.78 is 5.72. The standard InChI is InChI=1S/C16H24N2O3/c17-16(20)14-4-1-3-13(11-14)12-18-7-5-15(6-8-18)21-10-2-9-19/h1,3-4,11,15,19H,2,5-10,12H2,(H2,17,20). The first-order valence-corrected chi connectivity index (χ1v) is 7.52. The number of amides is 1. The molecule has 1 heterocycles. The van der Waals surface area contributed by atoms with Gasteiger partial charge in [0.2, 0.25) is 5.91 Å². The molecule has 21 heavy (non-hydrogen) atoms. The lowest BCUT2D eigenvalue weighted by atomic mass is 10.1. The van der Waals surface area contributed by atoms with Crippen molar-refractivity contribution < 1.29 is 14.6 Å². The Labute approximate surface area is 125 Å². The Kier molecular flexibility index (Phi) is 6.17. The summed E-state index contributed by atoms with van der Waals surface area (Å²) >= 11 is 0. The highest BCUT2D eigenvalue weighted by Gasteiger charge is 2.19. The molecule has 0 spiro atoms. The SMILES string of the molecule is NC(=O)c1cccc(CN2CCC(OCCCO)CC2)c1. The fourth-order valence-electron chi connectivity index (χ4n) is 2.63. The van der Waals surface area contributed by atoms with Crippen molar-refractivity contribution in [3.05, 3.63) is 35.4 Å². The topological polar surface area (TPSA) is 75.8 Å². The summed E-state index contributed by atoms with van der Waals surface area (Å²) in [5.41, 5.74) is 6.99. The van der Waals surface area contributed by atoms with Gasteiger partial charge in [-0.05, 0) is 37.0 Å². The molecule has 2 rings (SSSR count). The molecule has 1 aliphatic rings. The number of aliphatic hydroxyl groups is 1. The van der Waals surface area contributed by atoms with E-state index < -0.39 is 0 Å². The van der Waals surface area contributed by atoms with Crippen LogP contribution in [0.1, 0.15) is 35.2 Å². The predicted octanol–water partition coefficient (Wildman–Crippen LogP) is 1.15. The molecule has 116 valence electrons. The third-order valence-corrected chi connectivity index (χ3v) is 3.81. The van der Waals surface area contributed by atoms with Crippen molar-refractivity contribution in [2.75, 3.05) is 26.3 Å². The van der Waals surface area contributed by atoms with E-state index in [0.29, 0.717) is 24.7 Å². The summed E-state index contributed by atoms with van der Waals surface area (Å²) in [6.45, 7) is 3.65. The lowest BCUT2D eigenvalue weighted by molar-refractivity contribution is 0.000785. The summed E-state index contributed by atoms with van der Waals surface area (Å²) in [4.78, 5) is 13.6. The molecule has 1 saturated heterocycles. The van der Waals surface area contributed by atoms with Crippen molar-refractivity contribution in [1.82, 2.24) is 4.90 Å². The van der Waals surface area contributed by atoms with Crippen LogP contribution in [0, 0.1) is 0 Å². The van der Waals surface area contributed by atoms with Crippen LogP contribution >= 0.6 is 0 Å². The number of benzene rings is 1. The maximum Gasteiger partial charge on any atom is 0.248 e. The molecule has 0 bridgehead atoms. The summed E-state index contributed by atoms with van der Waals surface area (Å²) in [7, 11) is 0. The molecular formula is C16H24N2O3. The van der Waals surface area contributed by atoms with Crippen molar-refractivity contribution in [1.29, 1.82) is 0 Å². The molecule has 1 aliphatic heterocycles. The zero-order chi connectivity index (χ0) is 15.1. The Morgan fingerprint density at radius 3 is 2.81 bits per heavy atom. The first kappa shape index (κ1) is 15.9. The average Bonchev–Trinajstić information content (AvgIpc) is 2.49. The van der Waals surface area contributed by atoms with Gasteiger partial charge in [0.05, 0.1) is 6.10 Å². The summed E-state index contributed by atoms with van der Waals surface area (Å²) in [5.74, 6) is -0.382. The Hall–Kier alpha value is -1.43. The first-order valence-electron chi connectivity index (χ1n) is 7.52. The fourth-order valence-corrected chi connectivity index (χ4v) is 2.63. The van der Waals surface area contributed by atoms with E-state index in [2.05, 4.69) is 4.90 Å². The van der Waals surface area contributed by atoms with Crippen molar-refractivity contribution in [3.8, 4) is 0 Å². The van der Waals surface area contributed by atoms with Crippen LogP contribution in [-0.4, -0.2) is 48.3 Å². The minimum Gasteiger partial charge on any atom is -0.396 e. The molecule has 1 amide bonds. The molecule has 0 aliphatic carbocycles. The Balaban J connectivity index is 1.78. The normalized spacial score (nSPS) is 17.0. The van der Waals surface area contributed by atoms with E-state index in [9.17, 15) is 4.79 Å². The monoisotopic (exact) mass is 292 g/mol. The number of primary amides is 1. The number of aliphatic hydroxyl groups excluding tert-OH is 1. The largest absolute Gasteiger partial charge is 0.396 e. The number of hydrogen-bond acceptors (Lipinski definition) is 4. The molecule has 1 aromatic rings. The molecule has 1 fully saturated rings. The maximum absolute atomic E-state index is 11.2. The fraction of sp³-hybridized carbons (Fsp3) is 0.562. The second-order valence-corrected chi connectivity index (χ2v) is 5.49. The summed E-state index contributed by atoms with van der Waals surface area (Å²) in [5, 5.41) is 8.74. The number of ether oxygens (including phenoxy) is 1. The zero-order valence-electron chi connectivity index (χ0n) is 12.3. The van der Waals surface area contributed by atoms with Crippen LogP contribution in [0.4, 0.5) is 0 Å². The van der Waals surface area contributed by atoms with Crippen LogP contribution in [0.2, 0.25) is 0 Å². The van der Waals surface area contributed by atoms with Crippen LogP contribution in [-0.2, 0) is 11.3 Å². The zero-order valence-corrected chi connectivity index (χ0v) is 12.3. The van der Waals surface area contributed by atoms with Gasteiger partial charge < -0.3 is 15.6 Å². The van der Waals surface area contributed by atoms with E-state index in [1.807, 2.05) is 18.2 Å². The van der Waals surface area contributed by atoms with Gasteiger partial charge in [0.15, 0.2) is 0 Å². The quantitative estimate of drug-likeness (QED) is 0.739. The Morgan fingerprint density at radius 2 is 2.14 bits per heavy atom. The van der Waals surface area contributed by atoms with Gasteiger partial charge in [0.1, 0.15) is 0 Å². The Bertz CT molecular complexity index is 457. The molecule has 3 N–H and O–H groups in total. The number of nitrogens with zero attached hydrogens (tertiary/aromatic N) is 1. The second-order valence-electron chi connectivity index (χ2n) is 5.49. The number of nitrogens with two attached hydrogens (primary N) is 1. The first-order chi connectivity index (χ1) is 10.2. The van der Waals surface area contributed by atoms with Gasteiger partial charge in [-0.15, -0.1) is 0 Å². The van der Waals surface area contributed by atoms with Gasteiger partial charge in [0, 0.05) is 38.4 Å². The highest BCUT2D eigenvalue weighted by molar-refractivity contribution is 5.92. The highest BCUT2D eigenvalue weighted by Crippen LogP contribution is 2.17.